The van der Waals surface area contributed by atoms with E-state index in [1.54, 1.807) is 7.11 Å². The molecule has 4 heteroatoms. The van der Waals surface area contributed by atoms with Crippen molar-refractivity contribution in [3.8, 4) is 5.75 Å². The number of hydrogen-bond acceptors (Lipinski definition) is 3. The Morgan fingerprint density at radius 3 is 2.47 bits per heavy atom. The van der Waals surface area contributed by atoms with E-state index in [-0.39, 0.29) is 0 Å². The number of ether oxygens (including phenoxy) is 3. The van der Waals surface area contributed by atoms with Crippen LogP contribution < -0.4 is 4.74 Å². The molecule has 1 aromatic rings. The van der Waals surface area contributed by atoms with E-state index >= 15 is 0 Å². The largest absolute Gasteiger partial charge is 0.496 e. The van der Waals surface area contributed by atoms with E-state index < -0.39 is 5.79 Å². The van der Waals surface area contributed by atoms with Crippen molar-refractivity contribution in [3.63, 3.8) is 0 Å². The van der Waals surface area contributed by atoms with Gasteiger partial charge in [-0.15, -0.1) is 0 Å². The molecule has 1 aliphatic rings. The Kier molecular flexibility index (Phi) is 4.39. The fourth-order valence-electron chi connectivity index (χ4n) is 2.75. The lowest BCUT2D eigenvalue weighted by molar-refractivity contribution is -0.172. The first-order valence-electron chi connectivity index (χ1n) is 6.67. The zero-order chi connectivity index (χ0) is 14.0. The van der Waals surface area contributed by atoms with Gasteiger partial charge in [0.2, 0.25) is 0 Å². The molecule has 1 saturated heterocycles. The average Bonchev–Trinajstić information content (AvgIpc) is 2.85. The van der Waals surface area contributed by atoms with Crippen LogP contribution in [0.15, 0.2) is 6.07 Å². The zero-order valence-corrected chi connectivity index (χ0v) is 12.8. The van der Waals surface area contributed by atoms with Gasteiger partial charge in [0.25, 0.3) is 0 Å². The molecule has 106 valence electrons. The Hall–Kier alpha value is -0.770. The number of benzene rings is 1. The highest BCUT2D eigenvalue weighted by Crippen LogP contribution is 2.45. The topological polar surface area (TPSA) is 27.7 Å². The second kappa shape index (κ2) is 5.70. The van der Waals surface area contributed by atoms with E-state index in [9.17, 15) is 0 Å². The van der Waals surface area contributed by atoms with Crippen molar-refractivity contribution in [1.82, 2.24) is 0 Å². The predicted molar refractivity (Wildman–Crippen MR) is 76.0 cm³/mol. The van der Waals surface area contributed by atoms with E-state index in [0.717, 1.165) is 40.3 Å². The summed E-state index contributed by atoms with van der Waals surface area (Å²) in [6.45, 7) is 7.30. The Morgan fingerprint density at radius 1 is 1.32 bits per heavy atom. The quantitative estimate of drug-likeness (QED) is 0.837. The van der Waals surface area contributed by atoms with Crippen LogP contribution in [0.3, 0.4) is 0 Å². The minimum atomic E-state index is -0.707. The fraction of sp³-hybridized carbons (Fsp3) is 0.600. The normalized spacial score (nSPS) is 17.7. The summed E-state index contributed by atoms with van der Waals surface area (Å²) >= 11 is 6.39. The molecule has 1 fully saturated rings. The maximum Gasteiger partial charge on any atom is 0.198 e. The lowest BCUT2D eigenvalue weighted by Crippen LogP contribution is -2.29. The number of methoxy groups -OCH3 is 1. The second-order valence-corrected chi connectivity index (χ2v) is 5.29. The first kappa shape index (κ1) is 14.6. The van der Waals surface area contributed by atoms with Crippen LogP contribution >= 0.6 is 11.6 Å². The maximum absolute atomic E-state index is 6.39. The Morgan fingerprint density at radius 2 is 1.95 bits per heavy atom. The van der Waals surface area contributed by atoms with Crippen molar-refractivity contribution < 1.29 is 14.2 Å². The van der Waals surface area contributed by atoms with Crippen LogP contribution in [-0.4, -0.2) is 20.3 Å². The third kappa shape index (κ3) is 2.47. The van der Waals surface area contributed by atoms with Gasteiger partial charge in [-0.3, -0.25) is 0 Å². The van der Waals surface area contributed by atoms with Crippen molar-refractivity contribution in [2.24, 2.45) is 0 Å². The molecule has 19 heavy (non-hydrogen) atoms. The van der Waals surface area contributed by atoms with Gasteiger partial charge in [-0.05, 0) is 31.0 Å². The van der Waals surface area contributed by atoms with Crippen LogP contribution in [0.2, 0.25) is 5.02 Å². The molecule has 0 N–H and O–H groups in total. The lowest BCUT2D eigenvalue weighted by atomic mass is 9.93. The van der Waals surface area contributed by atoms with Gasteiger partial charge in [-0.25, -0.2) is 0 Å². The van der Waals surface area contributed by atoms with Gasteiger partial charge < -0.3 is 14.2 Å². The fourth-order valence-corrected chi connectivity index (χ4v) is 2.90. The summed E-state index contributed by atoms with van der Waals surface area (Å²) in [5.74, 6) is 0.0800. The standard InChI is InChI=1S/C15H21ClO3/c1-5-6-15(18-7-8-19-15)13-11(3)14(16)10(2)9-12(13)17-4/h9H,5-8H2,1-4H3. The van der Waals surface area contributed by atoms with Crippen LogP contribution in [0.25, 0.3) is 0 Å². The van der Waals surface area contributed by atoms with Crippen LogP contribution in [0.1, 0.15) is 36.5 Å². The van der Waals surface area contributed by atoms with Gasteiger partial charge in [-0.2, -0.15) is 0 Å². The Balaban J connectivity index is 2.62. The van der Waals surface area contributed by atoms with Gasteiger partial charge in [0.15, 0.2) is 5.79 Å². The molecular formula is C15H21ClO3. The van der Waals surface area contributed by atoms with Gasteiger partial charge in [0.05, 0.1) is 25.9 Å². The summed E-state index contributed by atoms with van der Waals surface area (Å²) in [6.07, 6.45) is 1.76. The van der Waals surface area contributed by atoms with Crippen LogP contribution in [0.4, 0.5) is 0 Å². The molecule has 0 bridgehead atoms. The van der Waals surface area contributed by atoms with E-state index in [4.69, 9.17) is 25.8 Å². The molecule has 0 aliphatic carbocycles. The maximum atomic E-state index is 6.39. The van der Waals surface area contributed by atoms with E-state index in [2.05, 4.69) is 6.92 Å². The van der Waals surface area contributed by atoms with E-state index in [1.165, 1.54) is 0 Å². The molecule has 0 amide bonds. The molecule has 2 rings (SSSR count). The summed E-state index contributed by atoms with van der Waals surface area (Å²) in [5.41, 5.74) is 2.92. The van der Waals surface area contributed by atoms with E-state index in [0.29, 0.717) is 13.2 Å². The first-order valence-corrected chi connectivity index (χ1v) is 7.05. The molecule has 0 spiro atoms. The van der Waals surface area contributed by atoms with Crippen LogP contribution in [-0.2, 0) is 15.3 Å². The van der Waals surface area contributed by atoms with Crippen molar-refractivity contribution in [2.75, 3.05) is 20.3 Å². The molecule has 1 aromatic carbocycles. The molecule has 0 unspecified atom stereocenters. The summed E-state index contributed by atoms with van der Waals surface area (Å²) in [7, 11) is 1.67. The smallest absolute Gasteiger partial charge is 0.198 e. The Labute approximate surface area is 119 Å². The first-order chi connectivity index (χ1) is 9.05. The molecule has 0 atom stereocenters. The van der Waals surface area contributed by atoms with Gasteiger partial charge in [0.1, 0.15) is 5.75 Å². The predicted octanol–water partition coefficient (Wildman–Crippen LogP) is 3.97. The molecule has 3 nitrogen and oxygen atoms in total. The van der Waals surface area contributed by atoms with Gasteiger partial charge >= 0.3 is 0 Å². The molecule has 1 aliphatic heterocycles. The van der Waals surface area contributed by atoms with E-state index in [1.807, 2.05) is 19.9 Å². The third-order valence-corrected chi connectivity index (χ3v) is 4.16. The highest BCUT2D eigenvalue weighted by molar-refractivity contribution is 6.32. The van der Waals surface area contributed by atoms with Crippen molar-refractivity contribution in [3.05, 3.63) is 27.8 Å². The minimum Gasteiger partial charge on any atom is -0.496 e. The number of aryl methyl sites for hydroxylation is 1. The molecular weight excluding hydrogens is 264 g/mol. The molecule has 0 aromatic heterocycles. The highest BCUT2D eigenvalue weighted by Gasteiger charge is 2.42. The Bertz CT molecular complexity index is 465. The van der Waals surface area contributed by atoms with Gasteiger partial charge in [0, 0.05) is 11.4 Å². The number of rotatable bonds is 4. The summed E-state index contributed by atoms with van der Waals surface area (Å²) < 4.78 is 17.4. The van der Waals surface area contributed by atoms with Gasteiger partial charge in [-0.1, -0.05) is 24.9 Å². The second-order valence-electron chi connectivity index (χ2n) is 4.91. The summed E-state index contributed by atoms with van der Waals surface area (Å²) in [5, 5.41) is 0.755. The van der Waals surface area contributed by atoms with Crippen molar-refractivity contribution in [1.29, 1.82) is 0 Å². The molecule has 0 radical (unpaired) electrons. The zero-order valence-electron chi connectivity index (χ0n) is 12.0. The van der Waals surface area contributed by atoms with Crippen molar-refractivity contribution in [2.45, 2.75) is 39.4 Å². The minimum absolute atomic E-state index is 0.605. The average molecular weight is 285 g/mol. The van der Waals surface area contributed by atoms with Crippen molar-refractivity contribution >= 4 is 11.6 Å². The number of hydrogen-bond donors (Lipinski definition) is 0. The SMILES string of the molecule is CCCC1(c2c(OC)cc(C)c(Cl)c2C)OCCO1. The summed E-state index contributed by atoms with van der Waals surface area (Å²) in [6, 6.07) is 1.95. The summed E-state index contributed by atoms with van der Waals surface area (Å²) in [4.78, 5) is 0. The van der Waals surface area contributed by atoms with Crippen LogP contribution in [0.5, 0.6) is 5.75 Å². The third-order valence-electron chi connectivity index (χ3n) is 3.58. The lowest BCUT2D eigenvalue weighted by Gasteiger charge is -2.31. The monoisotopic (exact) mass is 284 g/mol. The molecule has 0 saturated carbocycles. The molecule has 1 heterocycles. The van der Waals surface area contributed by atoms with Crippen LogP contribution in [0, 0.1) is 13.8 Å². The number of halogens is 1. The highest BCUT2D eigenvalue weighted by atomic mass is 35.5.